The normalized spacial score (nSPS) is 7.45. The van der Waals surface area contributed by atoms with Crippen molar-refractivity contribution in [2.45, 2.75) is 0 Å². The maximum atomic E-state index is 8.52. The van der Waals surface area contributed by atoms with Crippen molar-refractivity contribution in [2.24, 2.45) is 0 Å². The molecule has 0 radical (unpaired) electrons. The summed E-state index contributed by atoms with van der Waals surface area (Å²) in [5.74, 6) is 0. The third-order valence-corrected chi connectivity index (χ3v) is 0. The van der Waals surface area contributed by atoms with Crippen LogP contribution in [0.15, 0.2) is 0 Å². The van der Waals surface area contributed by atoms with Crippen LogP contribution in [0, 0.1) is 0 Å². The largest absolute Gasteiger partial charge is 2.00 e. The predicted octanol–water partition coefficient (Wildman–Crippen LogP) is -5.83. The van der Waals surface area contributed by atoms with Crippen LogP contribution in [0.25, 0.3) is 0 Å². The molecule has 0 aromatic rings. The molecule has 0 atom stereocenters. The average Bonchev–Trinajstić information content (AvgIpc) is 1.19. The van der Waals surface area contributed by atoms with Gasteiger partial charge >= 0.3 is 100 Å². The monoisotopic (exact) mass is 334 g/mol. The molecule has 0 heterocycles. The number of hydrogen-bond donors (Lipinski definition) is 1. The number of rotatable bonds is 0. The molecule has 11 heavy (non-hydrogen) atoms. The first kappa shape index (κ1) is 23.3. The Morgan fingerprint density at radius 1 is 1.27 bits per heavy atom. The van der Waals surface area contributed by atoms with Gasteiger partial charge in [0.15, 0.2) is 0 Å². The summed E-state index contributed by atoms with van der Waals surface area (Å²) in [6, 6.07) is 0. The van der Waals surface area contributed by atoms with Gasteiger partial charge in [0.05, 0.1) is 0 Å². The maximum Gasteiger partial charge on any atom is 2.00 e. The second-order valence-corrected chi connectivity index (χ2v) is 1.49. The fraction of sp³-hybridized carbons (Fsp3) is 0. The van der Waals surface area contributed by atoms with Crippen molar-refractivity contribution in [3.05, 3.63) is 0 Å². The van der Waals surface area contributed by atoms with E-state index in [0.717, 1.165) is 0 Å². The van der Waals surface area contributed by atoms with Gasteiger partial charge in [-0.15, -0.1) is 0 Å². The van der Waals surface area contributed by atoms with E-state index in [2.05, 4.69) is 0 Å². The smallest absolute Gasteiger partial charge is 0.759 e. The molecule has 0 fully saturated rings. The molecule has 0 rings (SSSR count). The van der Waals surface area contributed by atoms with Crippen LogP contribution in [-0.4, -0.2) is 77.7 Å². The van der Waals surface area contributed by atoms with Gasteiger partial charge in [0.25, 0.3) is 0 Å². The molecule has 1 N–H and O–H groups in total. The van der Waals surface area contributed by atoms with Crippen molar-refractivity contribution in [1.29, 1.82) is 0 Å². The van der Waals surface area contributed by atoms with Gasteiger partial charge in [-0.3, -0.25) is 8.42 Å². The Balaban J connectivity index is -0.0000000383. The number of hydrogen-bond acceptors (Lipinski definition) is 6. The number of carbonyl (C=O) groups is 1. The van der Waals surface area contributed by atoms with Crippen molar-refractivity contribution >= 4 is 65.4 Å². The van der Waals surface area contributed by atoms with Gasteiger partial charge in [-0.25, -0.2) is 0 Å². The standard InChI is InChI=1S/CH2O3.Ba.K.H2O4S/c2-1(3)4;;;1-5(2,3)4/h(H2,2,3,4);;;(H2,1,2,3,4)/q;+2;+1;/p-3. The van der Waals surface area contributed by atoms with Crippen LogP contribution < -0.4 is 56.5 Å². The Morgan fingerprint density at radius 3 is 1.27 bits per heavy atom. The summed E-state index contributed by atoms with van der Waals surface area (Å²) in [5.41, 5.74) is 0. The summed E-state index contributed by atoms with van der Waals surface area (Å²) >= 11 is 0. The van der Waals surface area contributed by atoms with Gasteiger partial charge in [-0.05, 0) is 0 Å². The van der Waals surface area contributed by atoms with E-state index in [-0.39, 0.29) is 100 Å². The fourth-order valence-corrected chi connectivity index (χ4v) is 0. The summed E-state index contributed by atoms with van der Waals surface area (Å²) in [4.78, 5) is 8.44. The van der Waals surface area contributed by atoms with E-state index < -0.39 is 16.6 Å². The molecule has 0 unspecified atom stereocenters. The molecule has 7 nitrogen and oxygen atoms in total. The molecular weight excluding hydrogens is 332 g/mol. The first-order valence-corrected chi connectivity index (χ1v) is 2.63. The number of carboxylic acid groups (broad SMARTS) is 2. The van der Waals surface area contributed by atoms with Crippen molar-refractivity contribution < 1.29 is 83.9 Å². The van der Waals surface area contributed by atoms with E-state index in [4.69, 9.17) is 32.5 Å². The van der Waals surface area contributed by atoms with Gasteiger partial charge in [-0.1, -0.05) is 0 Å². The molecule has 0 aliphatic heterocycles. The van der Waals surface area contributed by atoms with Gasteiger partial charge in [-0.2, -0.15) is 0 Å². The Bertz CT molecular complexity index is 161. The summed E-state index contributed by atoms with van der Waals surface area (Å²) in [7, 11) is -5.17. The zero-order chi connectivity index (χ0) is 8.08. The van der Waals surface area contributed by atoms with Crippen molar-refractivity contribution in [2.75, 3.05) is 0 Å². The van der Waals surface area contributed by atoms with Gasteiger partial charge in [0.2, 0.25) is 6.16 Å². The minimum atomic E-state index is -5.17. The van der Waals surface area contributed by atoms with Gasteiger partial charge in [0.1, 0.15) is 0 Å². The first-order valence-electron chi connectivity index (χ1n) is 1.30. The molecule has 0 saturated heterocycles. The Kier molecular flexibility index (Phi) is 26.1. The third-order valence-electron chi connectivity index (χ3n) is 0. The van der Waals surface area contributed by atoms with E-state index in [0.29, 0.717) is 0 Å². The SMILES string of the molecule is O=C([O-])O.O=S(=O)([O-])[O-].[Ba+2].[K+]. The summed E-state index contributed by atoms with van der Waals surface area (Å²) in [6.07, 6.45) is -2.08. The fourth-order valence-electron chi connectivity index (χ4n) is 0. The van der Waals surface area contributed by atoms with E-state index in [9.17, 15) is 0 Å². The van der Waals surface area contributed by atoms with E-state index in [1.807, 2.05) is 0 Å². The molecule has 0 saturated carbocycles. The molecule has 0 aliphatic carbocycles. The average molecular weight is 334 g/mol. The second kappa shape index (κ2) is 12.3. The van der Waals surface area contributed by atoms with Crippen LogP contribution in [0.2, 0.25) is 0 Å². The van der Waals surface area contributed by atoms with Gasteiger partial charge in [0, 0.05) is 10.4 Å². The van der Waals surface area contributed by atoms with Gasteiger partial charge < -0.3 is 24.1 Å². The van der Waals surface area contributed by atoms with E-state index >= 15 is 0 Å². The van der Waals surface area contributed by atoms with Crippen molar-refractivity contribution in [3.8, 4) is 0 Å². The zero-order valence-electron chi connectivity index (χ0n) is 5.51. The topological polar surface area (TPSA) is 141 Å². The van der Waals surface area contributed by atoms with Crippen LogP contribution >= 0.6 is 0 Å². The third kappa shape index (κ3) is 240. The van der Waals surface area contributed by atoms with Crippen LogP contribution in [0.3, 0.4) is 0 Å². The molecule has 56 valence electrons. The van der Waals surface area contributed by atoms with Crippen LogP contribution in [0.5, 0.6) is 0 Å². The maximum absolute atomic E-state index is 8.52. The molecule has 0 amide bonds. The van der Waals surface area contributed by atoms with E-state index in [1.54, 1.807) is 0 Å². The molecular formula is CHBaKO7S. The quantitative estimate of drug-likeness (QED) is 0.264. The Hall–Kier alpha value is 2.35. The molecule has 0 aromatic heterocycles. The Labute approximate surface area is 146 Å². The summed E-state index contributed by atoms with van der Waals surface area (Å²) in [6.45, 7) is 0. The van der Waals surface area contributed by atoms with Crippen LogP contribution in [-0.2, 0) is 10.4 Å². The first-order chi connectivity index (χ1) is 3.73. The van der Waals surface area contributed by atoms with Crippen LogP contribution in [0.4, 0.5) is 4.79 Å². The molecule has 0 spiro atoms. The molecule has 0 aromatic carbocycles. The van der Waals surface area contributed by atoms with E-state index in [1.165, 1.54) is 0 Å². The van der Waals surface area contributed by atoms with Crippen LogP contribution in [0.1, 0.15) is 0 Å². The Morgan fingerprint density at radius 2 is 1.27 bits per heavy atom. The zero-order valence-corrected chi connectivity index (χ0v) is 13.9. The second-order valence-electron chi connectivity index (χ2n) is 0.674. The predicted molar refractivity (Wildman–Crippen MR) is 24.3 cm³/mol. The molecule has 10 heteroatoms. The molecule has 0 aliphatic rings. The minimum Gasteiger partial charge on any atom is -0.759 e. The van der Waals surface area contributed by atoms with Crippen molar-refractivity contribution in [3.63, 3.8) is 0 Å². The summed E-state index contributed by atoms with van der Waals surface area (Å²) in [5, 5.41) is 15.3. The van der Waals surface area contributed by atoms with Crippen molar-refractivity contribution in [1.82, 2.24) is 0 Å². The molecule has 0 bridgehead atoms. The minimum absolute atomic E-state index is 0. The summed E-state index contributed by atoms with van der Waals surface area (Å²) < 4.78 is 34.1.